The van der Waals surface area contributed by atoms with Crippen LogP contribution in [0.4, 0.5) is 5.95 Å². The van der Waals surface area contributed by atoms with E-state index >= 15 is 0 Å². The number of esters is 1. The SMILES string of the molecule is COC(=O)c1ccc(C=Cc2c[nH]c3nc(N)[nH]c(=O)c23)cc1. The van der Waals surface area contributed by atoms with Gasteiger partial charge in [-0.3, -0.25) is 9.78 Å². The molecule has 4 N–H and O–H groups in total. The number of hydrogen-bond donors (Lipinski definition) is 3. The minimum Gasteiger partial charge on any atom is -0.465 e. The second kappa shape index (κ2) is 5.80. The Morgan fingerprint density at radius 3 is 2.70 bits per heavy atom. The van der Waals surface area contributed by atoms with Crippen molar-refractivity contribution in [1.82, 2.24) is 15.0 Å². The Bertz CT molecular complexity index is 952. The number of aromatic nitrogens is 3. The summed E-state index contributed by atoms with van der Waals surface area (Å²) < 4.78 is 4.65. The van der Waals surface area contributed by atoms with Gasteiger partial charge in [-0.05, 0) is 17.7 Å². The Hall–Kier alpha value is -3.35. The monoisotopic (exact) mass is 310 g/mol. The number of carbonyl (C=O) groups is 1. The Labute approximate surface area is 130 Å². The lowest BCUT2D eigenvalue weighted by Crippen LogP contribution is -2.10. The minimum absolute atomic E-state index is 0.0679. The van der Waals surface area contributed by atoms with Crippen molar-refractivity contribution in [1.29, 1.82) is 0 Å². The number of hydrogen-bond acceptors (Lipinski definition) is 5. The van der Waals surface area contributed by atoms with Crippen LogP contribution >= 0.6 is 0 Å². The van der Waals surface area contributed by atoms with Crippen molar-refractivity contribution < 1.29 is 9.53 Å². The zero-order chi connectivity index (χ0) is 16.4. The van der Waals surface area contributed by atoms with Gasteiger partial charge < -0.3 is 15.5 Å². The molecule has 0 aliphatic heterocycles. The molecule has 0 atom stereocenters. The molecule has 0 spiro atoms. The molecular weight excluding hydrogens is 296 g/mol. The Morgan fingerprint density at radius 1 is 1.26 bits per heavy atom. The van der Waals surface area contributed by atoms with Crippen LogP contribution in [0.5, 0.6) is 0 Å². The summed E-state index contributed by atoms with van der Waals surface area (Å²) in [6.07, 6.45) is 5.31. The first-order valence-corrected chi connectivity index (χ1v) is 6.82. The molecule has 0 radical (unpaired) electrons. The summed E-state index contributed by atoms with van der Waals surface area (Å²) >= 11 is 0. The molecule has 116 valence electrons. The van der Waals surface area contributed by atoms with E-state index in [2.05, 4.69) is 19.7 Å². The number of nitrogens with zero attached hydrogens (tertiary/aromatic N) is 1. The van der Waals surface area contributed by atoms with Crippen LogP contribution in [0.15, 0.2) is 35.3 Å². The third kappa shape index (κ3) is 2.84. The average Bonchev–Trinajstić information content (AvgIpc) is 2.95. The highest BCUT2D eigenvalue weighted by atomic mass is 16.5. The van der Waals surface area contributed by atoms with Gasteiger partial charge in [0.2, 0.25) is 5.95 Å². The van der Waals surface area contributed by atoms with Crippen LogP contribution in [-0.2, 0) is 4.74 Å². The lowest BCUT2D eigenvalue weighted by atomic mass is 10.1. The van der Waals surface area contributed by atoms with Crippen LogP contribution < -0.4 is 11.3 Å². The van der Waals surface area contributed by atoms with Gasteiger partial charge in [-0.1, -0.05) is 24.3 Å². The van der Waals surface area contributed by atoms with Crippen molar-refractivity contribution in [3.63, 3.8) is 0 Å². The van der Waals surface area contributed by atoms with E-state index in [1.807, 2.05) is 6.08 Å². The number of benzene rings is 1. The number of rotatable bonds is 3. The van der Waals surface area contributed by atoms with Crippen LogP contribution in [0.2, 0.25) is 0 Å². The summed E-state index contributed by atoms with van der Waals surface area (Å²) in [6.45, 7) is 0. The second-order valence-electron chi connectivity index (χ2n) is 4.87. The van der Waals surface area contributed by atoms with Gasteiger partial charge in [0.1, 0.15) is 5.65 Å². The zero-order valence-corrected chi connectivity index (χ0v) is 12.3. The molecule has 0 aliphatic carbocycles. The highest BCUT2D eigenvalue weighted by Gasteiger charge is 2.08. The fraction of sp³-hybridized carbons (Fsp3) is 0.0625. The maximum absolute atomic E-state index is 12.0. The Balaban J connectivity index is 1.91. The Morgan fingerprint density at radius 2 is 2.00 bits per heavy atom. The van der Waals surface area contributed by atoms with Gasteiger partial charge in [-0.25, -0.2) is 4.79 Å². The Kier molecular flexibility index (Phi) is 3.68. The van der Waals surface area contributed by atoms with Crippen molar-refractivity contribution in [3.8, 4) is 0 Å². The third-order valence-electron chi connectivity index (χ3n) is 3.38. The highest BCUT2D eigenvalue weighted by Crippen LogP contribution is 2.16. The molecule has 0 fully saturated rings. The largest absolute Gasteiger partial charge is 0.465 e. The molecule has 0 bridgehead atoms. The zero-order valence-electron chi connectivity index (χ0n) is 12.3. The van der Waals surface area contributed by atoms with E-state index in [-0.39, 0.29) is 17.5 Å². The average molecular weight is 310 g/mol. The summed E-state index contributed by atoms with van der Waals surface area (Å²) in [4.78, 5) is 32.8. The maximum Gasteiger partial charge on any atom is 0.337 e. The predicted molar refractivity (Wildman–Crippen MR) is 87.8 cm³/mol. The highest BCUT2D eigenvalue weighted by molar-refractivity contribution is 5.91. The number of H-pyrrole nitrogens is 2. The van der Waals surface area contributed by atoms with E-state index in [0.717, 1.165) is 5.56 Å². The number of methoxy groups -OCH3 is 1. The summed E-state index contributed by atoms with van der Waals surface area (Å²) in [6, 6.07) is 6.93. The maximum atomic E-state index is 12.0. The van der Waals surface area contributed by atoms with E-state index in [0.29, 0.717) is 22.2 Å². The van der Waals surface area contributed by atoms with Gasteiger partial charge in [0.05, 0.1) is 18.1 Å². The number of nitrogen functional groups attached to an aromatic ring is 1. The molecular formula is C16H14N4O3. The first kappa shape index (κ1) is 14.6. The van der Waals surface area contributed by atoms with Crippen LogP contribution in [0.1, 0.15) is 21.5 Å². The number of ether oxygens (including phenoxy) is 1. The molecule has 3 aromatic rings. The van der Waals surface area contributed by atoms with E-state index < -0.39 is 0 Å². The summed E-state index contributed by atoms with van der Waals surface area (Å²) in [5, 5.41) is 0.446. The molecule has 7 nitrogen and oxygen atoms in total. The van der Waals surface area contributed by atoms with E-state index in [9.17, 15) is 9.59 Å². The molecule has 0 aliphatic rings. The molecule has 7 heteroatoms. The molecule has 23 heavy (non-hydrogen) atoms. The predicted octanol–water partition coefficient (Wildman–Crippen LogP) is 1.79. The second-order valence-corrected chi connectivity index (χ2v) is 4.87. The minimum atomic E-state index is -0.382. The molecule has 2 aromatic heterocycles. The molecule has 0 saturated carbocycles. The van der Waals surface area contributed by atoms with Crippen molar-refractivity contribution in [2.45, 2.75) is 0 Å². The van der Waals surface area contributed by atoms with Gasteiger partial charge in [0.25, 0.3) is 5.56 Å². The number of aromatic amines is 2. The fourth-order valence-electron chi connectivity index (χ4n) is 2.25. The molecule has 3 rings (SSSR count). The van der Waals surface area contributed by atoms with Crippen LogP contribution in [0.25, 0.3) is 23.2 Å². The van der Waals surface area contributed by atoms with E-state index in [1.54, 1.807) is 36.5 Å². The smallest absolute Gasteiger partial charge is 0.337 e. The molecule has 1 aromatic carbocycles. The van der Waals surface area contributed by atoms with Crippen molar-refractivity contribution >= 4 is 35.1 Å². The summed E-state index contributed by atoms with van der Waals surface area (Å²) in [5.41, 5.74) is 7.71. The van der Waals surface area contributed by atoms with Gasteiger partial charge in [0.15, 0.2) is 0 Å². The van der Waals surface area contributed by atoms with E-state index in [4.69, 9.17) is 5.73 Å². The van der Waals surface area contributed by atoms with Gasteiger partial charge in [-0.15, -0.1) is 0 Å². The normalized spacial score (nSPS) is 11.2. The van der Waals surface area contributed by atoms with Crippen LogP contribution in [0, 0.1) is 0 Å². The molecule has 2 heterocycles. The van der Waals surface area contributed by atoms with Crippen molar-refractivity contribution in [2.75, 3.05) is 12.8 Å². The fourth-order valence-corrected chi connectivity index (χ4v) is 2.25. The number of nitrogens with one attached hydrogen (secondary N) is 2. The first-order chi connectivity index (χ1) is 11.1. The number of nitrogens with two attached hydrogens (primary N) is 1. The lowest BCUT2D eigenvalue weighted by molar-refractivity contribution is 0.0600. The summed E-state index contributed by atoms with van der Waals surface area (Å²) in [5.74, 6) is -0.314. The first-order valence-electron chi connectivity index (χ1n) is 6.82. The van der Waals surface area contributed by atoms with Crippen molar-refractivity contribution in [3.05, 3.63) is 57.5 Å². The third-order valence-corrected chi connectivity index (χ3v) is 3.38. The number of carbonyl (C=O) groups excluding carboxylic acids is 1. The lowest BCUT2D eigenvalue weighted by Gasteiger charge is -1.99. The van der Waals surface area contributed by atoms with Gasteiger partial charge >= 0.3 is 5.97 Å². The number of anilines is 1. The topological polar surface area (TPSA) is 114 Å². The van der Waals surface area contributed by atoms with Gasteiger partial charge in [0, 0.05) is 11.8 Å². The quantitative estimate of drug-likeness (QED) is 0.638. The standard InChI is InChI=1S/C16H14N4O3/c1-23-15(22)10-5-2-9(3-6-10)4-7-11-8-18-13-12(11)14(21)20-16(17)19-13/h2-8H,1H3,(H4,17,18,19,20,21). The summed E-state index contributed by atoms with van der Waals surface area (Å²) in [7, 11) is 1.34. The van der Waals surface area contributed by atoms with E-state index in [1.165, 1.54) is 7.11 Å². The molecule has 0 amide bonds. The molecule has 0 unspecified atom stereocenters. The molecule has 0 saturated heterocycles. The van der Waals surface area contributed by atoms with Crippen molar-refractivity contribution in [2.24, 2.45) is 0 Å². The van der Waals surface area contributed by atoms with Crippen LogP contribution in [0.3, 0.4) is 0 Å². The number of fused-ring (bicyclic) bond motifs is 1. The van der Waals surface area contributed by atoms with Crippen LogP contribution in [-0.4, -0.2) is 28.0 Å². The van der Waals surface area contributed by atoms with Gasteiger partial charge in [-0.2, -0.15) is 4.98 Å².